The lowest BCUT2D eigenvalue weighted by atomic mass is 9.92. The van der Waals surface area contributed by atoms with Crippen molar-refractivity contribution in [2.75, 3.05) is 0 Å². The van der Waals surface area contributed by atoms with Gasteiger partial charge in [-0.05, 0) is 59.1 Å². The zero-order chi connectivity index (χ0) is 13.2. The summed E-state index contributed by atoms with van der Waals surface area (Å²) in [6.45, 7) is 4.57. The first-order chi connectivity index (χ1) is 9.35. The van der Waals surface area contributed by atoms with Gasteiger partial charge in [0.2, 0.25) is 0 Å². The van der Waals surface area contributed by atoms with Crippen LogP contribution in [0.4, 0.5) is 0 Å². The Kier molecular flexibility index (Phi) is 3.42. The monoisotopic (exact) mass is 250 g/mol. The molecule has 3 rings (SSSR count). The van der Waals surface area contributed by atoms with Crippen LogP contribution in [0.1, 0.15) is 48.9 Å². The molecule has 1 aliphatic carbocycles. The van der Waals surface area contributed by atoms with Gasteiger partial charge in [-0.3, -0.25) is 0 Å². The number of rotatable bonds is 4. The van der Waals surface area contributed by atoms with Crippen molar-refractivity contribution in [3.05, 3.63) is 58.7 Å². The summed E-state index contributed by atoms with van der Waals surface area (Å²) in [5.41, 5.74) is 9.22. The first-order valence-electron chi connectivity index (χ1n) is 7.57. The maximum atomic E-state index is 2.37. The normalized spacial score (nSPS) is 12.3. The summed E-state index contributed by atoms with van der Waals surface area (Å²) in [5, 5.41) is 0. The molecule has 0 spiro atoms. The summed E-state index contributed by atoms with van der Waals surface area (Å²) in [7, 11) is 0. The van der Waals surface area contributed by atoms with E-state index < -0.39 is 0 Å². The van der Waals surface area contributed by atoms with Crippen molar-refractivity contribution in [1.82, 2.24) is 0 Å². The predicted octanol–water partition coefficient (Wildman–Crippen LogP) is 5.16. The van der Waals surface area contributed by atoms with Gasteiger partial charge in [-0.1, -0.05) is 56.7 Å². The predicted molar refractivity (Wildman–Crippen MR) is 82.7 cm³/mol. The first-order valence-corrected chi connectivity index (χ1v) is 7.57. The van der Waals surface area contributed by atoms with E-state index >= 15 is 0 Å². The van der Waals surface area contributed by atoms with Gasteiger partial charge >= 0.3 is 0 Å². The van der Waals surface area contributed by atoms with Crippen molar-refractivity contribution in [2.24, 2.45) is 0 Å². The van der Waals surface area contributed by atoms with E-state index in [1.165, 1.54) is 36.0 Å². The molecular weight excluding hydrogens is 228 g/mol. The van der Waals surface area contributed by atoms with Crippen LogP contribution in [0.3, 0.4) is 0 Å². The van der Waals surface area contributed by atoms with Gasteiger partial charge in [0.1, 0.15) is 0 Å². The maximum absolute atomic E-state index is 2.37. The second-order valence-corrected chi connectivity index (χ2v) is 5.52. The van der Waals surface area contributed by atoms with Crippen LogP contribution >= 0.6 is 0 Å². The van der Waals surface area contributed by atoms with Gasteiger partial charge in [-0.2, -0.15) is 0 Å². The van der Waals surface area contributed by atoms with E-state index in [9.17, 15) is 0 Å². The molecule has 0 atom stereocenters. The molecule has 0 aromatic heterocycles. The molecule has 19 heavy (non-hydrogen) atoms. The molecule has 0 fully saturated rings. The van der Waals surface area contributed by atoms with E-state index in [1.54, 1.807) is 16.7 Å². The summed E-state index contributed by atoms with van der Waals surface area (Å²) in [4.78, 5) is 0. The Morgan fingerprint density at radius 1 is 0.947 bits per heavy atom. The largest absolute Gasteiger partial charge is 0.0654 e. The molecule has 1 aliphatic rings. The van der Waals surface area contributed by atoms with Crippen LogP contribution in [0, 0.1) is 0 Å². The Labute approximate surface area is 116 Å². The Bertz CT molecular complexity index is 593. The van der Waals surface area contributed by atoms with Gasteiger partial charge in [0, 0.05) is 0 Å². The van der Waals surface area contributed by atoms with Crippen LogP contribution in [0.25, 0.3) is 11.1 Å². The molecule has 0 amide bonds. The van der Waals surface area contributed by atoms with Crippen molar-refractivity contribution in [3.8, 4) is 11.1 Å². The molecule has 0 saturated carbocycles. The fourth-order valence-electron chi connectivity index (χ4n) is 3.37. The third-order valence-electron chi connectivity index (χ3n) is 4.36. The van der Waals surface area contributed by atoms with E-state index in [0.29, 0.717) is 0 Å². The fraction of sp³-hybridized carbons (Fsp3) is 0.368. The molecule has 0 aliphatic heterocycles. The number of fused-ring (bicyclic) bond motifs is 3. The average molecular weight is 250 g/mol. The highest BCUT2D eigenvalue weighted by Crippen LogP contribution is 2.39. The first kappa shape index (κ1) is 12.5. The third kappa shape index (κ3) is 2.10. The van der Waals surface area contributed by atoms with Crippen LogP contribution in [0.15, 0.2) is 36.4 Å². The minimum atomic E-state index is 1.13. The highest BCUT2D eigenvalue weighted by atomic mass is 14.2. The third-order valence-corrected chi connectivity index (χ3v) is 4.36. The zero-order valence-electron chi connectivity index (χ0n) is 12.0. The summed E-state index contributed by atoms with van der Waals surface area (Å²) >= 11 is 0. The molecule has 0 unspecified atom stereocenters. The second kappa shape index (κ2) is 5.21. The summed E-state index contributed by atoms with van der Waals surface area (Å²) in [5.74, 6) is 0. The lowest BCUT2D eigenvalue weighted by Crippen LogP contribution is -1.98. The molecule has 0 N–H and O–H groups in total. The quantitative estimate of drug-likeness (QED) is 0.599. The van der Waals surface area contributed by atoms with Gasteiger partial charge in [-0.25, -0.2) is 0 Å². The van der Waals surface area contributed by atoms with Crippen LogP contribution in [-0.4, -0.2) is 0 Å². The molecule has 0 saturated heterocycles. The fourth-order valence-corrected chi connectivity index (χ4v) is 3.37. The molecule has 0 nitrogen and oxygen atoms in total. The Morgan fingerprint density at radius 3 is 2.58 bits per heavy atom. The lowest BCUT2D eigenvalue weighted by molar-refractivity contribution is 0.785. The number of unbranched alkanes of at least 4 members (excludes halogenated alkanes) is 1. The van der Waals surface area contributed by atoms with Crippen molar-refractivity contribution < 1.29 is 0 Å². The Hall–Kier alpha value is -1.56. The van der Waals surface area contributed by atoms with Gasteiger partial charge in [0.25, 0.3) is 0 Å². The molecular formula is C19H22. The summed E-state index contributed by atoms with van der Waals surface area (Å²) < 4.78 is 0. The molecule has 2 aromatic carbocycles. The van der Waals surface area contributed by atoms with Gasteiger partial charge in [-0.15, -0.1) is 0 Å². The van der Waals surface area contributed by atoms with E-state index in [0.717, 1.165) is 12.8 Å². The minimum absolute atomic E-state index is 1.13. The van der Waals surface area contributed by atoms with E-state index in [2.05, 4.69) is 50.2 Å². The smallest absolute Gasteiger partial charge is 0.00106 e. The molecule has 0 bridgehead atoms. The van der Waals surface area contributed by atoms with Gasteiger partial charge in [0.05, 0.1) is 0 Å². The van der Waals surface area contributed by atoms with E-state index in [-0.39, 0.29) is 0 Å². The van der Waals surface area contributed by atoms with Crippen LogP contribution in [-0.2, 0) is 19.3 Å². The number of hydrogen-bond donors (Lipinski definition) is 0. The second-order valence-electron chi connectivity index (χ2n) is 5.52. The SMILES string of the molecule is CCCCc1ccc2c(c1CC)Cc1ccccc1-2. The van der Waals surface area contributed by atoms with E-state index in [4.69, 9.17) is 0 Å². The molecule has 0 radical (unpaired) electrons. The zero-order valence-corrected chi connectivity index (χ0v) is 12.0. The highest BCUT2D eigenvalue weighted by molar-refractivity contribution is 5.78. The lowest BCUT2D eigenvalue weighted by Gasteiger charge is -2.13. The average Bonchev–Trinajstić information content (AvgIpc) is 2.83. The van der Waals surface area contributed by atoms with E-state index in [1.807, 2.05) is 0 Å². The number of benzene rings is 2. The molecule has 0 heteroatoms. The number of aryl methyl sites for hydroxylation is 1. The van der Waals surface area contributed by atoms with Crippen LogP contribution in [0.5, 0.6) is 0 Å². The Balaban J connectivity index is 2.07. The Morgan fingerprint density at radius 2 is 1.79 bits per heavy atom. The van der Waals surface area contributed by atoms with Crippen LogP contribution in [0.2, 0.25) is 0 Å². The summed E-state index contributed by atoms with van der Waals surface area (Å²) in [6.07, 6.45) is 6.12. The van der Waals surface area contributed by atoms with Crippen molar-refractivity contribution >= 4 is 0 Å². The van der Waals surface area contributed by atoms with Gasteiger partial charge in [0.15, 0.2) is 0 Å². The van der Waals surface area contributed by atoms with Crippen LogP contribution < -0.4 is 0 Å². The van der Waals surface area contributed by atoms with Crippen molar-refractivity contribution in [1.29, 1.82) is 0 Å². The standard InChI is InChI=1S/C19H22/c1-3-5-8-14-11-12-18-17-10-7-6-9-15(17)13-19(18)16(14)4-2/h6-7,9-12H,3-5,8,13H2,1-2H3. The highest BCUT2D eigenvalue weighted by Gasteiger charge is 2.21. The molecule has 98 valence electrons. The molecule has 2 aromatic rings. The van der Waals surface area contributed by atoms with Crippen molar-refractivity contribution in [2.45, 2.75) is 46.0 Å². The maximum Gasteiger partial charge on any atom is -0.00106 e. The minimum Gasteiger partial charge on any atom is -0.0654 e. The number of hydrogen-bond acceptors (Lipinski definition) is 0. The van der Waals surface area contributed by atoms with Gasteiger partial charge < -0.3 is 0 Å². The summed E-state index contributed by atoms with van der Waals surface area (Å²) in [6, 6.07) is 13.6. The van der Waals surface area contributed by atoms with Crippen molar-refractivity contribution in [3.63, 3.8) is 0 Å². The topological polar surface area (TPSA) is 0 Å². The molecule has 0 heterocycles.